The number of alkyl halides is 3. The summed E-state index contributed by atoms with van der Waals surface area (Å²) in [5, 5.41) is 31.8. The number of hydrogen-bond donors (Lipinski definition) is 4. The second-order valence-electron chi connectivity index (χ2n) is 9.47. The third-order valence-electron chi connectivity index (χ3n) is 6.23. The van der Waals surface area contributed by atoms with E-state index in [4.69, 9.17) is 26.7 Å². The molecular formula is C26H34ClF3N6O3. The second kappa shape index (κ2) is 12.9. The van der Waals surface area contributed by atoms with E-state index in [9.17, 15) is 23.4 Å². The number of nitrogens with one attached hydrogen (secondary N) is 2. The van der Waals surface area contributed by atoms with E-state index in [1.165, 1.54) is 18.7 Å². The number of nitrogens with zero attached hydrogens (tertiary/aromatic N) is 4. The summed E-state index contributed by atoms with van der Waals surface area (Å²) in [6.45, 7) is 5.15. The molecule has 0 aliphatic carbocycles. The number of likely N-dealkylation sites (N-methyl/N-ethyl adjacent to an activating group) is 1. The van der Waals surface area contributed by atoms with Crippen LogP contribution in [0.2, 0.25) is 5.02 Å². The maximum Gasteiger partial charge on any atom is 0.401 e. The second-order valence-corrected chi connectivity index (χ2v) is 9.88. The first-order valence-electron chi connectivity index (χ1n) is 12.4. The number of benzene rings is 1. The number of aliphatic hydroxyl groups excluding tert-OH is 2. The molecule has 1 aliphatic rings. The topological polar surface area (TPSA) is 118 Å². The lowest BCUT2D eigenvalue weighted by Gasteiger charge is -2.36. The van der Waals surface area contributed by atoms with Crippen molar-refractivity contribution >= 4 is 28.7 Å². The Bertz CT molecular complexity index is 1210. The van der Waals surface area contributed by atoms with Crippen molar-refractivity contribution in [1.82, 2.24) is 20.2 Å². The number of halogens is 4. The molecule has 13 heteroatoms. The van der Waals surface area contributed by atoms with Crippen LogP contribution < -0.4 is 15.0 Å². The molecule has 9 nitrogen and oxygen atoms in total. The number of allylic oxidation sites excluding steroid dienone is 2. The maximum atomic E-state index is 12.9. The fourth-order valence-electron chi connectivity index (χ4n) is 4.42. The molecule has 3 rings (SSSR count). The number of ether oxygens (including phenoxy) is 1. The lowest BCUT2D eigenvalue weighted by Crippen LogP contribution is -2.49. The standard InChI is InChI=1S/C26H34ClF3N6O3/c1-15-23(22(16(2)31)17(3)37)33-24(20-11-19(5-6-21(20)27)39-13-18(38)12-32-4)34-25(15)36-9-7-35(8-10-36)14-26(28,29)30/h5-6,11,18,31-32,37-38H,7-10,12-14H2,1-4H3/b22-17+,31-16?/t18-/m1/s1. The van der Waals surface area contributed by atoms with Crippen molar-refractivity contribution in [3.63, 3.8) is 0 Å². The monoisotopic (exact) mass is 570 g/mol. The third-order valence-corrected chi connectivity index (χ3v) is 6.56. The van der Waals surface area contributed by atoms with Crippen molar-refractivity contribution in [1.29, 1.82) is 5.41 Å². The van der Waals surface area contributed by atoms with Gasteiger partial charge in [0.25, 0.3) is 0 Å². The summed E-state index contributed by atoms with van der Waals surface area (Å²) in [6.07, 6.45) is -5.00. The van der Waals surface area contributed by atoms with Gasteiger partial charge in [0, 0.05) is 49.6 Å². The number of aromatic nitrogens is 2. The molecule has 0 bridgehead atoms. The van der Waals surface area contributed by atoms with E-state index < -0.39 is 18.8 Å². The molecule has 1 aliphatic heterocycles. The molecule has 1 atom stereocenters. The summed E-state index contributed by atoms with van der Waals surface area (Å²) in [7, 11) is 1.72. The summed E-state index contributed by atoms with van der Waals surface area (Å²) < 4.78 is 44.4. The van der Waals surface area contributed by atoms with Gasteiger partial charge in [-0.25, -0.2) is 9.97 Å². The Hall–Kier alpha value is -2.93. The van der Waals surface area contributed by atoms with E-state index in [-0.39, 0.29) is 42.6 Å². The van der Waals surface area contributed by atoms with Gasteiger partial charge in [-0.05, 0) is 46.0 Å². The van der Waals surface area contributed by atoms with Crippen LogP contribution in [0.15, 0.2) is 24.0 Å². The smallest absolute Gasteiger partial charge is 0.401 e. The Balaban J connectivity index is 2.05. The molecule has 0 unspecified atom stereocenters. The fraction of sp³-hybridized carbons (Fsp3) is 0.500. The average molecular weight is 571 g/mol. The van der Waals surface area contributed by atoms with E-state index in [1.54, 1.807) is 32.2 Å². The molecule has 2 aromatic rings. The summed E-state index contributed by atoms with van der Waals surface area (Å²) in [5.41, 5.74) is 1.65. The lowest BCUT2D eigenvalue weighted by molar-refractivity contribution is -0.146. The molecule has 214 valence electrons. The van der Waals surface area contributed by atoms with Crippen LogP contribution in [0.25, 0.3) is 17.0 Å². The zero-order chi connectivity index (χ0) is 28.9. The Morgan fingerprint density at radius 3 is 2.44 bits per heavy atom. The van der Waals surface area contributed by atoms with Gasteiger partial charge in [-0.1, -0.05) is 11.6 Å². The lowest BCUT2D eigenvalue weighted by atomic mass is 10.0. The van der Waals surface area contributed by atoms with Gasteiger partial charge in [0.05, 0.1) is 22.8 Å². The van der Waals surface area contributed by atoms with E-state index in [0.29, 0.717) is 53.0 Å². The van der Waals surface area contributed by atoms with Gasteiger partial charge in [0.15, 0.2) is 5.82 Å². The highest BCUT2D eigenvalue weighted by Gasteiger charge is 2.33. The summed E-state index contributed by atoms with van der Waals surface area (Å²) in [6, 6.07) is 4.91. The highest BCUT2D eigenvalue weighted by atomic mass is 35.5. The Kier molecular flexibility index (Phi) is 10.2. The van der Waals surface area contributed by atoms with Gasteiger partial charge in [0.2, 0.25) is 0 Å². The number of hydrogen-bond acceptors (Lipinski definition) is 9. The van der Waals surface area contributed by atoms with Gasteiger partial charge in [-0.3, -0.25) is 4.90 Å². The van der Waals surface area contributed by atoms with Crippen molar-refractivity contribution in [2.24, 2.45) is 0 Å². The van der Waals surface area contributed by atoms with Crippen molar-refractivity contribution in [3.05, 3.63) is 40.2 Å². The molecule has 4 N–H and O–H groups in total. The molecule has 0 saturated carbocycles. The van der Waals surface area contributed by atoms with Gasteiger partial charge < -0.3 is 30.6 Å². The van der Waals surface area contributed by atoms with Crippen LogP contribution in [0, 0.1) is 12.3 Å². The molecule has 0 spiro atoms. The molecule has 0 amide bonds. The van der Waals surface area contributed by atoms with E-state index >= 15 is 0 Å². The van der Waals surface area contributed by atoms with Crippen molar-refractivity contribution < 1.29 is 28.1 Å². The molecule has 39 heavy (non-hydrogen) atoms. The Morgan fingerprint density at radius 2 is 1.87 bits per heavy atom. The Morgan fingerprint density at radius 1 is 1.21 bits per heavy atom. The van der Waals surface area contributed by atoms with Crippen molar-refractivity contribution in [2.75, 3.05) is 57.8 Å². The van der Waals surface area contributed by atoms with Crippen LogP contribution in [-0.4, -0.2) is 96.0 Å². The average Bonchev–Trinajstić information content (AvgIpc) is 2.84. The largest absolute Gasteiger partial charge is 0.512 e. The van der Waals surface area contributed by atoms with Gasteiger partial charge in [-0.2, -0.15) is 13.2 Å². The van der Waals surface area contributed by atoms with Crippen molar-refractivity contribution in [3.8, 4) is 17.1 Å². The number of anilines is 1. The first-order chi connectivity index (χ1) is 18.3. The van der Waals surface area contributed by atoms with E-state index in [1.807, 2.05) is 4.90 Å². The maximum absolute atomic E-state index is 12.9. The summed E-state index contributed by atoms with van der Waals surface area (Å²) in [5.74, 6) is 1.01. The van der Waals surface area contributed by atoms with Crippen LogP contribution in [-0.2, 0) is 0 Å². The summed E-state index contributed by atoms with van der Waals surface area (Å²) >= 11 is 6.53. The number of rotatable bonds is 10. The molecule has 1 saturated heterocycles. The van der Waals surface area contributed by atoms with Crippen LogP contribution in [0.4, 0.5) is 19.0 Å². The zero-order valence-corrected chi connectivity index (χ0v) is 23.1. The fourth-order valence-corrected chi connectivity index (χ4v) is 4.62. The normalized spacial score (nSPS) is 16.2. The number of aliphatic hydroxyl groups is 2. The molecule has 0 radical (unpaired) electrons. The quantitative estimate of drug-likeness (QED) is 0.249. The minimum Gasteiger partial charge on any atom is -0.512 e. The van der Waals surface area contributed by atoms with E-state index in [0.717, 1.165) is 0 Å². The first kappa shape index (κ1) is 30.6. The van der Waals surface area contributed by atoms with Gasteiger partial charge >= 0.3 is 6.18 Å². The highest BCUT2D eigenvalue weighted by molar-refractivity contribution is 6.33. The third kappa shape index (κ3) is 8.04. The van der Waals surface area contributed by atoms with Crippen molar-refractivity contribution in [2.45, 2.75) is 33.1 Å². The first-order valence-corrected chi connectivity index (χ1v) is 12.8. The molecule has 2 heterocycles. The summed E-state index contributed by atoms with van der Waals surface area (Å²) in [4.78, 5) is 12.7. The number of piperazine rings is 1. The molecule has 1 aromatic heterocycles. The molecule has 1 aromatic carbocycles. The molecular weight excluding hydrogens is 537 g/mol. The van der Waals surface area contributed by atoms with Gasteiger partial charge in [0.1, 0.15) is 30.0 Å². The van der Waals surface area contributed by atoms with Gasteiger partial charge in [-0.15, -0.1) is 0 Å². The predicted octanol–water partition coefficient (Wildman–Crippen LogP) is 4.08. The van der Waals surface area contributed by atoms with E-state index in [2.05, 4.69) is 10.3 Å². The zero-order valence-electron chi connectivity index (χ0n) is 22.4. The van der Waals surface area contributed by atoms with Crippen LogP contribution in [0.1, 0.15) is 25.1 Å². The minimum absolute atomic E-state index is 0.0406. The minimum atomic E-state index is -4.28. The molecule has 1 fully saturated rings. The van der Waals surface area contributed by atoms with Crippen LogP contribution in [0.5, 0.6) is 5.75 Å². The predicted molar refractivity (Wildman–Crippen MR) is 146 cm³/mol. The van der Waals surface area contributed by atoms with Crippen LogP contribution >= 0.6 is 11.6 Å². The highest BCUT2D eigenvalue weighted by Crippen LogP contribution is 2.35. The van der Waals surface area contributed by atoms with Crippen LogP contribution in [0.3, 0.4) is 0 Å². The SMILES string of the molecule is CNC[C@@H](O)COc1ccc(Cl)c(-c2nc(/C(C(C)=N)=C(\C)O)c(C)c(N3CCN(CC(F)(F)F)CC3)n2)c1. The Labute approximate surface area is 230 Å².